The second kappa shape index (κ2) is 5.49. The molecule has 0 unspecified atom stereocenters. The third-order valence-electron chi connectivity index (χ3n) is 2.34. The molecule has 0 amide bonds. The van der Waals surface area contributed by atoms with E-state index in [1.807, 2.05) is 13.8 Å². The molecule has 0 radical (unpaired) electrons. The predicted octanol–water partition coefficient (Wildman–Crippen LogP) is 3.38. The van der Waals surface area contributed by atoms with Gasteiger partial charge >= 0.3 is 5.97 Å². The summed E-state index contributed by atoms with van der Waals surface area (Å²) in [6.45, 7) is 4.78. The molecule has 0 heterocycles. The minimum atomic E-state index is -1.14. The van der Waals surface area contributed by atoms with Crippen LogP contribution in [0.2, 0.25) is 0 Å². The third kappa shape index (κ3) is 3.19. The van der Waals surface area contributed by atoms with Crippen molar-refractivity contribution < 1.29 is 14.3 Å². The quantitative estimate of drug-likeness (QED) is 0.927. The van der Waals surface area contributed by atoms with Gasteiger partial charge in [0.2, 0.25) is 0 Å². The lowest BCUT2D eigenvalue weighted by atomic mass is 10.1. The molecule has 0 fully saturated rings. The van der Waals surface area contributed by atoms with Crippen molar-refractivity contribution in [3.63, 3.8) is 0 Å². The molecule has 3 nitrogen and oxygen atoms in total. The molecule has 17 heavy (non-hydrogen) atoms. The van der Waals surface area contributed by atoms with Crippen LogP contribution in [0.15, 0.2) is 16.6 Å². The van der Waals surface area contributed by atoms with Gasteiger partial charge in [-0.1, -0.05) is 13.8 Å². The van der Waals surface area contributed by atoms with E-state index in [4.69, 9.17) is 5.11 Å². The van der Waals surface area contributed by atoms with Crippen LogP contribution in [0, 0.1) is 11.7 Å². The van der Waals surface area contributed by atoms with Crippen molar-refractivity contribution in [2.75, 3.05) is 18.5 Å². The molecule has 1 aromatic rings. The fraction of sp³-hybridized carbons (Fsp3) is 0.417. The first-order valence-corrected chi connectivity index (χ1v) is 6.06. The van der Waals surface area contributed by atoms with Crippen LogP contribution in [0.25, 0.3) is 0 Å². The first kappa shape index (κ1) is 14.0. The maximum absolute atomic E-state index is 14.0. The first-order valence-electron chi connectivity index (χ1n) is 5.27. The Hall–Kier alpha value is -1.10. The lowest BCUT2D eigenvalue weighted by Crippen LogP contribution is -2.23. The monoisotopic (exact) mass is 303 g/mol. The largest absolute Gasteiger partial charge is 0.478 e. The highest BCUT2D eigenvalue weighted by Gasteiger charge is 2.18. The SMILES string of the molecule is CC(C)CN(C)c1ccc(C(=O)O)c(Br)c1F. The van der Waals surface area contributed by atoms with Gasteiger partial charge in [-0.15, -0.1) is 0 Å². The fourth-order valence-corrected chi connectivity index (χ4v) is 2.15. The molecule has 94 valence electrons. The van der Waals surface area contributed by atoms with E-state index < -0.39 is 11.8 Å². The average Bonchev–Trinajstić information content (AvgIpc) is 2.20. The molecule has 0 saturated carbocycles. The second-order valence-electron chi connectivity index (χ2n) is 4.34. The van der Waals surface area contributed by atoms with Gasteiger partial charge in [-0.3, -0.25) is 0 Å². The molecule has 0 saturated heterocycles. The highest BCUT2D eigenvalue weighted by Crippen LogP contribution is 2.29. The number of halogens is 2. The van der Waals surface area contributed by atoms with Crippen LogP contribution in [0.5, 0.6) is 0 Å². The Labute approximate surface area is 108 Å². The summed E-state index contributed by atoms with van der Waals surface area (Å²) in [7, 11) is 1.78. The summed E-state index contributed by atoms with van der Waals surface area (Å²) in [6, 6.07) is 2.90. The van der Waals surface area contributed by atoms with E-state index in [1.54, 1.807) is 11.9 Å². The molecule has 1 rings (SSSR count). The smallest absolute Gasteiger partial charge is 0.336 e. The zero-order chi connectivity index (χ0) is 13.2. The molecule has 0 aliphatic rings. The van der Waals surface area contributed by atoms with Gasteiger partial charge < -0.3 is 10.0 Å². The van der Waals surface area contributed by atoms with Crippen LogP contribution in [-0.4, -0.2) is 24.7 Å². The van der Waals surface area contributed by atoms with E-state index in [2.05, 4.69) is 15.9 Å². The van der Waals surface area contributed by atoms with Crippen LogP contribution in [-0.2, 0) is 0 Å². The number of nitrogens with zero attached hydrogens (tertiary/aromatic N) is 1. The summed E-state index contributed by atoms with van der Waals surface area (Å²) in [5, 5.41) is 8.85. The number of aromatic carboxylic acids is 1. The molecule has 0 spiro atoms. The molecule has 1 aromatic carbocycles. The summed E-state index contributed by atoms with van der Waals surface area (Å²) in [5.41, 5.74) is 0.333. The van der Waals surface area contributed by atoms with Crippen molar-refractivity contribution in [3.05, 3.63) is 28.0 Å². The molecule has 5 heteroatoms. The molecule has 0 aromatic heterocycles. The topological polar surface area (TPSA) is 40.5 Å². The molecule has 0 aliphatic carbocycles. The molecule has 0 atom stereocenters. The number of rotatable bonds is 4. The molecular formula is C12H15BrFNO2. The maximum Gasteiger partial charge on any atom is 0.336 e. The zero-order valence-electron chi connectivity index (χ0n) is 10.00. The Morgan fingerprint density at radius 1 is 1.53 bits per heavy atom. The standard InChI is InChI=1S/C12H15BrFNO2/c1-7(2)6-15(3)9-5-4-8(12(16)17)10(13)11(9)14/h4-5,7H,6H2,1-3H3,(H,16,17). The van der Waals surface area contributed by atoms with Crippen molar-refractivity contribution in [2.24, 2.45) is 5.92 Å². The summed E-state index contributed by atoms with van der Waals surface area (Å²) < 4.78 is 14.0. The predicted molar refractivity (Wildman–Crippen MR) is 69.2 cm³/mol. The minimum absolute atomic E-state index is 0.00175. The first-order chi connectivity index (χ1) is 7.84. The molecular weight excluding hydrogens is 289 g/mol. The van der Waals surface area contributed by atoms with Crippen molar-refractivity contribution in [1.82, 2.24) is 0 Å². The fourth-order valence-electron chi connectivity index (χ4n) is 1.65. The maximum atomic E-state index is 14.0. The molecule has 1 N–H and O–H groups in total. The highest BCUT2D eigenvalue weighted by atomic mass is 79.9. The van der Waals surface area contributed by atoms with Gasteiger partial charge in [0.15, 0.2) is 5.82 Å². The van der Waals surface area contributed by atoms with Crippen LogP contribution >= 0.6 is 15.9 Å². The average molecular weight is 304 g/mol. The zero-order valence-corrected chi connectivity index (χ0v) is 11.6. The Kier molecular flexibility index (Phi) is 4.51. The number of carbonyl (C=O) groups is 1. The Bertz CT molecular complexity index is 435. The number of carboxylic acids is 1. The van der Waals surface area contributed by atoms with Crippen molar-refractivity contribution >= 4 is 27.6 Å². The van der Waals surface area contributed by atoms with Crippen LogP contribution in [0.1, 0.15) is 24.2 Å². The van der Waals surface area contributed by atoms with Gasteiger partial charge in [0, 0.05) is 13.6 Å². The van der Waals surface area contributed by atoms with Crippen molar-refractivity contribution in [1.29, 1.82) is 0 Å². The van der Waals surface area contributed by atoms with Gasteiger partial charge in [0.05, 0.1) is 15.7 Å². The number of anilines is 1. The van der Waals surface area contributed by atoms with Gasteiger partial charge in [0.25, 0.3) is 0 Å². The number of benzene rings is 1. The van der Waals surface area contributed by atoms with Gasteiger partial charge in [-0.25, -0.2) is 9.18 Å². The van der Waals surface area contributed by atoms with E-state index in [9.17, 15) is 9.18 Å². The number of hydrogen-bond donors (Lipinski definition) is 1. The van der Waals surface area contributed by atoms with E-state index >= 15 is 0 Å². The summed E-state index contributed by atoms with van der Waals surface area (Å²) >= 11 is 2.98. The van der Waals surface area contributed by atoms with E-state index in [1.165, 1.54) is 12.1 Å². The van der Waals surface area contributed by atoms with Gasteiger partial charge in [-0.05, 0) is 34.0 Å². The Balaban J connectivity index is 3.12. The minimum Gasteiger partial charge on any atom is -0.478 e. The van der Waals surface area contributed by atoms with Crippen LogP contribution in [0.3, 0.4) is 0 Å². The van der Waals surface area contributed by atoms with Crippen molar-refractivity contribution in [3.8, 4) is 0 Å². The molecule has 0 aliphatic heterocycles. The lowest BCUT2D eigenvalue weighted by molar-refractivity contribution is 0.0695. The van der Waals surface area contributed by atoms with E-state index in [-0.39, 0.29) is 10.0 Å². The molecule has 0 bridgehead atoms. The summed E-state index contributed by atoms with van der Waals surface area (Å²) in [5.74, 6) is -1.28. The summed E-state index contributed by atoms with van der Waals surface area (Å²) in [4.78, 5) is 12.6. The Morgan fingerprint density at radius 3 is 2.59 bits per heavy atom. The third-order valence-corrected chi connectivity index (χ3v) is 3.12. The van der Waals surface area contributed by atoms with Crippen molar-refractivity contribution in [2.45, 2.75) is 13.8 Å². The van der Waals surface area contributed by atoms with Crippen LogP contribution < -0.4 is 4.90 Å². The van der Waals surface area contributed by atoms with Gasteiger partial charge in [0.1, 0.15) is 0 Å². The Morgan fingerprint density at radius 2 is 2.12 bits per heavy atom. The van der Waals surface area contributed by atoms with Crippen LogP contribution in [0.4, 0.5) is 10.1 Å². The lowest BCUT2D eigenvalue weighted by Gasteiger charge is -2.22. The highest BCUT2D eigenvalue weighted by molar-refractivity contribution is 9.10. The number of carboxylic acid groups (broad SMARTS) is 1. The normalized spacial score (nSPS) is 10.7. The number of hydrogen-bond acceptors (Lipinski definition) is 2. The van der Waals surface area contributed by atoms with E-state index in [0.717, 1.165) is 0 Å². The second-order valence-corrected chi connectivity index (χ2v) is 5.13. The van der Waals surface area contributed by atoms with E-state index in [0.29, 0.717) is 18.2 Å². The van der Waals surface area contributed by atoms with Gasteiger partial charge in [-0.2, -0.15) is 0 Å². The summed E-state index contributed by atoms with van der Waals surface area (Å²) in [6.07, 6.45) is 0.